The molecule has 4 rings (SSSR count). The molecule has 0 unspecified atom stereocenters. The van der Waals surface area contributed by atoms with Gasteiger partial charge >= 0.3 is 0 Å². The van der Waals surface area contributed by atoms with Gasteiger partial charge in [0.2, 0.25) is 33.7 Å². The molecule has 264 valence electrons. The van der Waals surface area contributed by atoms with Crippen molar-refractivity contribution < 1.29 is 27.6 Å². The highest BCUT2D eigenvalue weighted by Crippen LogP contribution is 2.28. The highest BCUT2D eigenvalue weighted by atomic mass is 35.5. The largest absolute Gasteiger partial charge is 0.354 e. The average Bonchev–Trinajstić information content (AvgIpc) is 3.46. The first-order valence-corrected chi connectivity index (χ1v) is 18.0. The van der Waals surface area contributed by atoms with E-state index in [-0.39, 0.29) is 53.3 Å². The van der Waals surface area contributed by atoms with Crippen LogP contribution in [0.25, 0.3) is 11.4 Å². The van der Waals surface area contributed by atoms with Crippen LogP contribution in [-0.4, -0.2) is 82.8 Å². The first-order chi connectivity index (χ1) is 23.1. The Kier molecular flexibility index (Phi) is 12.8. The molecule has 0 aliphatic carbocycles. The molecule has 1 aromatic heterocycles. The molecule has 2 heterocycles. The molecular weight excluding hydrogens is 695 g/mol. The van der Waals surface area contributed by atoms with E-state index in [4.69, 9.17) is 23.2 Å². The first-order valence-electron chi connectivity index (χ1n) is 15.8. The minimum atomic E-state index is -4.36. The topological polar surface area (TPSA) is 184 Å². The maximum absolute atomic E-state index is 13.7. The number of nitrogens with zero attached hydrogens (tertiary/aromatic N) is 4. The zero-order chi connectivity index (χ0) is 35.9. The normalized spacial score (nSPS) is 21.0. The Bertz CT molecular complexity index is 1790. The van der Waals surface area contributed by atoms with E-state index in [1.54, 1.807) is 6.92 Å². The molecular formula is C32H40Cl2N8O6S. The minimum Gasteiger partial charge on any atom is -0.354 e. The Morgan fingerprint density at radius 3 is 2.31 bits per heavy atom. The molecule has 4 amide bonds. The lowest BCUT2D eigenvalue weighted by atomic mass is 10.0. The van der Waals surface area contributed by atoms with Gasteiger partial charge in [-0.3, -0.25) is 19.2 Å². The quantitative estimate of drug-likeness (QED) is 0.308. The van der Waals surface area contributed by atoms with E-state index >= 15 is 0 Å². The van der Waals surface area contributed by atoms with Gasteiger partial charge in [0.15, 0.2) is 5.82 Å². The van der Waals surface area contributed by atoms with Crippen molar-refractivity contribution in [1.82, 2.24) is 40.3 Å². The van der Waals surface area contributed by atoms with Crippen molar-refractivity contribution in [3.8, 4) is 11.4 Å². The van der Waals surface area contributed by atoms with E-state index < -0.39 is 58.3 Å². The van der Waals surface area contributed by atoms with Crippen LogP contribution in [-0.2, 0) is 35.7 Å². The maximum atomic E-state index is 13.7. The molecule has 0 saturated carbocycles. The summed E-state index contributed by atoms with van der Waals surface area (Å²) >= 11 is 12.3. The summed E-state index contributed by atoms with van der Waals surface area (Å²) in [6, 6.07) is 10.3. The molecule has 0 saturated heterocycles. The molecule has 0 spiro atoms. The van der Waals surface area contributed by atoms with Crippen molar-refractivity contribution in [2.24, 2.45) is 5.92 Å². The number of hydrogen-bond donors (Lipinski definition) is 4. The van der Waals surface area contributed by atoms with E-state index in [1.165, 1.54) is 29.8 Å². The summed E-state index contributed by atoms with van der Waals surface area (Å²) < 4.78 is 29.7. The van der Waals surface area contributed by atoms with Crippen LogP contribution in [0.5, 0.6) is 0 Å². The van der Waals surface area contributed by atoms with Gasteiger partial charge in [0.25, 0.3) is 0 Å². The highest BCUT2D eigenvalue weighted by Gasteiger charge is 2.32. The summed E-state index contributed by atoms with van der Waals surface area (Å²) in [7, 11) is -4.36. The first kappa shape index (κ1) is 37.8. The van der Waals surface area contributed by atoms with Gasteiger partial charge in [-0.25, -0.2) is 18.1 Å². The van der Waals surface area contributed by atoms with E-state index in [2.05, 4.69) is 31.3 Å². The number of rotatable bonds is 5. The Balaban J connectivity index is 1.68. The van der Waals surface area contributed by atoms with Crippen LogP contribution in [0.15, 0.2) is 53.4 Å². The molecule has 14 nitrogen and oxygen atoms in total. The molecule has 2 aromatic carbocycles. The maximum Gasteiger partial charge on any atom is 0.245 e. The predicted octanol–water partition coefficient (Wildman–Crippen LogP) is 2.68. The lowest BCUT2D eigenvalue weighted by Crippen LogP contribution is -2.54. The highest BCUT2D eigenvalue weighted by molar-refractivity contribution is 7.89. The minimum absolute atomic E-state index is 0.00646. The molecule has 0 bridgehead atoms. The Labute approximate surface area is 295 Å². The zero-order valence-corrected chi connectivity index (χ0v) is 29.9. The van der Waals surface area contributed by atoms with Gasteiger partial charge in [-0.05, 0) is 50.8 Å². The second-order valence-electron chi connectivity index (χ2n) is 12.1. The molecule has 49 heavy (non-hydrogen) atoms. The monoisotopic (exact) mass is 734 g/mol. The van der Waals surface area contributed by atoms with Crippen molar-refractivity contribution in [1.29, 1.82) is 0 Å². The van der Waals surface area contributed by atoms with Crippen molar-refractivity contribution in [3.05, 3.63) is 64.4 Å². The number of fused-ring (bicyclic) bond motifs is 1. The molecule has 3 atom stereocenters. The molecule has 0 radical (unpaired) electrons. The van der Waals surface area contributed by atoms with Crippen LogP contribution in [0, 0.1) is 5.92 Å². The Morgan fingerprint density at radius 1 is 0.898 bits per heavy atom. The number of nitrogens with one attached hydrogen (secondary N) is 4. The van der Waals surface area contributed by atoms with E-state index in [9.17, 15) is 27.6 Å². The van der Waals surface area contributed by atoms with Gasteiger partial charge < -0.3 is 21.3 Å². The summed E-state index contributed by atoms with van der Waals surface area (Å²) in [5.74, 6) is -1.68. The number of hydrogen-bond acceptors (Lipinski definition) is 8. The van der Waals surface area contributed by atoms with Crippen LogP contribution in [0.2, 0.25) is 10.0 Å². The fraction of sp³-hybridized carbons (Fsp3) is 0.438. The SMILES string of the molecule is CC(C)C[C@H]1NC(=O)[C@@H](C)NC(=O)CN(S(=O)(=O)c2cc(Cl)ccc2Cl)CCCNC(=O)Cn2nc(-c3ccccc3)nc2[C@H](C)NC1=O. The van der Waals surface area contributed by atoms with Gasteiger partial charge in [0.1, 0.15) is 29.3 Å². The van der Waals surface area contributed by atoms with Crippen LogP contribution in [0.1, 0.15) is 52.4 Å². The average molecular weight is 736 g/mol. The fourth-order valence-corrected chi connectivity index (χ4v) is 7.34. The van der Waals surface area contributed by atoms with Crippen molar-refractivity contribution in [2.45, 2.75) is 70.1 Å². The number of aromatic nitrogens is 3. The fourth-order valence-electron chi connectivity index (χ4n) is 5.16. The van der Waals surface area contributed by atoms with Gasteiger partial charge in [0, 0.05) is 23.7 Å². The van der Waals surface area contributed by atoms with Crippen molar-refractivity contribution >= 4 is 56.9 Å². The van der Waals surface area contributed by atoms with Crippen LogP contribution < -0.4 is 21.3 Å². The van der Waals surface area contributed by atoms with Gasteiger partial charge in [0.05, 0.1) is 17.6 Å². The Hall–Kier alpha value is -4.05. The third-order valence-electron chi connectivity index (χ3n) is 7.62. The summed E-state index contributed by atoms with van der Waals surface area (Å²) in [6.45, 7) is 5.88. The summed E-state index contributed by atoms with van der Waals surface area (Å²) in [6.07, 6.45) is 0.400. The molecule has 4 N–H and O–H groups in total. The standard InChI is InChI=1S/C32H40Cl2N8O6S/c1-19(2)15-25-32(46)37-20(3)30-39-29(22-9-6-5-7-10-22)40-42(30)18-27(43)35-13-8-14-41(17-28(44)36-21(4)31(45)38-25)49(47,48)26-16-23(33)11-12-24(26)34/h5-7,9-12,16,19-21,25H,8,13-15,17-18H2,1-4H3,(H,35,43)(H,36,44)(H,37,46)(H,38,45)/t20-,21+,25+/m0/s1. The number of halogens is 2. The summed E-state index contributed by atoms with van der Waals surface area (Å²) in [4.78, 5) is 57.4. The number of amides is 4. The number of carbonyl (C=O) groups is 4. The second-order valence-corrected chi connectivity index (χ2v) is 14.9. The molecule has 1 aliphatic heterocycles. The van der Waals surface area contributed by atoms with Crippen LogP contribution in [0.4, 0.5) is 0 Å². The zero-order valence-electron chi connectivity index (χ0n) is 27.6. The third-order valence-corrected chi connectivity index (χ3v) is 10.2. The van der Waals surface area contributed by atoms with Gasteiger partial charge in [-0.1, -0.05) is 67.4 Å². The predicted molar refractivity (Wildman–Crippen MR) is 184 cm³/mol. The second kappa shape index (κ2) is 16.6. The molecule has 17 heteroatoms. The van der Waals surface area contributed by atoms with Crippen molar-refractivity contribution in [2.75, 3.05) is 19.6 Å². The number of sulfonamides is 1. The van der Waals surface area contributed by atoms with Crippen LogP contribution >= 0.6 is 23.2 Å². The smallest absolute Gasteiger partial charge is 0.245 e. The van der Waals surface area contributed by atoms with Crippen LogP contribution in [0.3, 0.4) is 0 Å². The van der Waals surface area contributed by atoms with Crippen molar-refractivity contribution in [3.63, 3.8) is 0 Å². The summed E-state index contributed by atoms with van der Waals surface area (Å²) in [5.41, 5.74) is 0.706. The third kappa shape index (κ3) is 10.00. The Morgan fingerprint density at radius 2 is 1.61 bits per heavy atom. The lowest BCUT2D eigenvalue weighted by molar-refractivity contribution is -0.132. The van der Waals surface area contributed by atoms with E-state index in [0.717, 1.165) is 4.31 Å². The lowest BCUT2D eigenvalue weighted by Gasteiger charge is -2.25. The summed E-state index contributed by atoms with van der Waals surface area (Å²) in [5, 5.41) is 15.5. The molecule has 0 fully saturated rings. The van der Waals surface area contributed by atoms with Gasteiger partial charge in [-0.2, -0.15) is 9.40 Å². The molecule has 3 aromatic rings. The number of benzene rings is 2. The van der Waals surface area contributed by atoms with E-state index in [0.29, 0.717) is 17.2 Å². The van der Waals surface area contributed by atoms with Gasteiger partial charge in [-0.15, -0.1) is 0 Å². The molecule has 1 aliphatic rings. The van der Waals surface area contributed by atoms with E-state index in [1.807, 2.05) is 44.2 Å². The number of carbonyl (C=O) groups excluding carboxylic acids is 4.